The van der Waals surface area contributed by atoms with Gasteiger partial charge >= 0.3 is 0 Å². The number of carbonyl (C=O) groups is 2. The largest absolute Gasteiger partial charge is 0.315 e. The van der Waals surface area contributed by atoms with E-state index in [1.807, 2.05) is 50.1 Å². The Labute approximate surface area is 187 Å². The lowest BCUT2D eigenvalue weighted by Gasteiger charge is -2.23. The van der Waals surface area contributed by atoms with Gasteiger partial charge in [-0.15, -0.1) is 0 Å². The average molecular weight is 461 g/mol. The van der Waals surface area contributed by atoms with Gasteiger partial charge in [0.25, 0.3) is 0 Å². The maximum absolute atomic E-state index is 12.6. The molecule has 1 aromatic carbocycles. The van der Waals surface area contributed by atoms with Crippen LogP contribution in [0, 0.1) is 0 Å². The van der Waals surface area contributed by atoms with Crippen LogP contribution in [0.15, 0.2) is 24.3 Å². The predicted octanol–water partition coefficient (Wildman–Crippen LogP) is 2.74. The number of likely N-dealkylation sites (N-methyl/N-ethyl adjacent to an activating group) is 2. The molecular weight excluding hydrogens is 428 g/mol. The summed E-state index contributed by atoms with van der Waals surface area (Å²) in [6, 6.07) is 6.78. The van der Waals surface area contributed by atoms with Crippen molar-refractivity contribution in [2.75, 3.05) is 43.5 Å². The minimum absolute atomic E-state index is 0.0159. The topological polar surface area (TPSA) is 67.3 Å². The Morgan fingerprint density at radius 2 is 1.90 bits per heavy atom. The quantitative estimate of drug-likeness (QED) is 0.582. The standard InChI is InChI=1S/C17H26N4O3S3.C2H6/c1-4-10-18(2)12-16(22)19(3)13-5-7-14(8-6-13)20-11-9-15(17(20)23)21(25)27(24)26;1-2/h5-8,15,25H,4,9-12H2,1-3H3,(H,24,26);1-2H3. The highest BCUT2D eigenvalue weighted by atomic mass is 32.8. The Kier molecular flexibility index (Phi) is 11.3. The van der Waals surface area contributed by atoms with Gasteiger partial charge in [-0.05, 0) is 61.9 Å². The van der Waals surface area contributed by atoms with E-state index >= 15 is 0 Å². The van der Waals surface area contributed by atoms with Gasteiger partial charge in [-0.1, -0.05) is 33.6 Å². The van der Waals surface area contributed by atoms with Crippen molar-refractivity contribution in [3.8, 4) is 0 Å². The zero-order valence-electron chi connectivity index (χ0n) is 17.7. The summed E-state index contributed by atoms with van der Waals surface area (Å²) in [7, 11) is 2.20. The summed E-state index contributed by atoms with van der Waals surface area (Å²) in [6.45, 7) is 7.85. The lowest BCUT2D eigenvalue weighted by atomic mass is 10.2. The summed E-state index contributed by atoms with van der Waals surface area (Å²) in [5.41, 5.74) is 1.52. The molecule has 2 amide bonds. The Morgan fingerprint density at radius 3 is 2.41 bits per heavy atom. The van der Waals surface area contributed by atoms with Crippen molar-refractivity contribution < 1.29 is 14.1 Å². The fourth-order valence-electron chi connectivity index (χ4n) is 3.03. The van der Waals surface area contributed by atoms with E-state index in [9.17, 15) is 14.1 Å². The third-order valence-electron chi connectivity index (χ3n) is 4.54. The van der Waals surface area contributed by atoms with Crippen molar-refractivity contribution >= 4 is 57.1 Å². The van der Waals surface area contributed by atoms with Gasteiger partial charge in [-0.25, -0.2) is 0 Å². The van der Waals surface area contributed by atoms with Crippen molar-refractivity contribution in [2.45, 2.75) is 39.7 Å². The molecule has 0 spiro atoms. The monoisotopic (exact) mass is 460 g/mol. The third-order valence-corrected chi connectivity index (χ3v) is 6.67. The van der Waals surface area contributed by atoms with E-state index < -0.39 is 16.0 Å². The molecule has 1 aliphatic rings. The van der Waals surface area contributed by atoms with Crippen LogP contribution < -0.4 is 9.80 Å². The molecule has 1 fully saturated rings. The van der Waals surface area contributed by atoms with Crippen LogP contribution in [-0.4, -0.2) is 64.7 Å². The van der Waals surface area contributed by atoms with Crippen LogP contribution in [0.2, 0.25) is 0 Å². The lowest BCUT2D eigenvalue weighted by molar-refractivity contribution is -0.120. The molecule has 1 aromatic rings. The highest BCUT2D eigenvalue weighted by Gasteiger charge is 2.37. The van der Waals surface area contributed by atoms with E-state index in [1.54, 1.807) is 16.8 Å². The van der Waals surface area contributed by atoms with Crippen LogP contribution in [0.1, 0.15) is 33.6 Å². The van der Waals surface area contributed by atoms with Crippen molar-refractivity contribution in [2.24, 2.45) is 0 Å². The first-order valence-corrected chi connectivity index (χ1v) is 12.2. The van der Waals surface area contributed by atoms with Crippen molar-refractivity contribution in [1.82, 2.24) is 8.61 Å². The molecule has 1 aliphatic heterocycles. The fraction of sp³-hybridized carbons (Fsp3) is 0.579. The smallest absolute Gasteiger partial charge is 0.246 e. The van der Waals surface area contributed by atoms with E-state index in [2.05, 4.69) is 19.7 Å². The average Bonchev–Trinajstić information content (AvgIpc) is 3.09. The van der Waals surface area contributed by atoms with Crippen molar-refractivity contribution in [3.63, 3.8) is 0 Å². The number of benzene rings is 1. The van der Waals surface area contributed by atoms with Gasteiger partial charge < -0.3 is 14.4 Å². The Balaban J connectivity index is 0.00000204. The number of nitrogens with zero attached hydrogens (tertiary/aromatic N) is 4. The van der Waals surface area contributed by atoms with Crippen molar-refractivity contribution in [3.05, 3.63) is 24.3 Å². The number of carbonyl (C=O) groups excluding carboxylic acids is 2. The fourth-order valence-corrected chi connectivity index (χ4v) is 3.97. The van der Waals surface area contributed by atoms with E-state index in [1.165, 1.54) is 3.71 Å². The molecule has 1 saturated heterocycles. The molecule has 0 saturated carbocycles. The summed E-state index contributed by atoms with van der Waals surface area (Å²) < 4.78 is 10.7. The molecule has 0 aliphatic carbocycles. The Morgan fingerprint density at radius 1 is 1.31 bits per heavy atom. The molecule has 2 atom stereocenters. The summed E-state index contributed by atoms with van der Waals surface area (Å²) in [6.07, 6.45) is 1.55. The molecule has 1 N–H and O–H groups in total. The first kappa shape index (κ1) is 26.0. The molecule has 2 unspecified atom stereocenters. The minimum Gasteiger partial charge on any atom is -0.315 e. The van der Waals surface area contributed by atoms with Crippen LogP contribution in [-0.2, 0) is 30.7 Å². The highest BCUT2D eigenvalue weighted by Crippen LogP contribution is 2.27. The first-order valence-electron chi connectivity index (χ1n) is 9.71. The maximum atomic E-state index is 12.6. The second kappa shape index (κ2) is 12.6. The van der Waals surface area contributed by atoms with Crippen LogP contribution in [0.25, 0.3) is 0 Å². The van der Waals surface area contributed by atoms with Gasteiger partial charge in [-0.3, -0.25) is 14.5 Å². The number of thiol groups is 1. The van der Waals surface area contributed by atoms with Gasteiger partial charge in [0.15, 0.2) is 0 Å². The van der Waals surface area contributed by atoms with Crippen LogP contribution >= 0.6 is 12.8 Å². The van der Waals surface area contributed by atoms with E-state index in [-0.39, 0.29) is 11.8 Å². The Bertz CT molecular complexity index is 702. The zero-order valence-corrected chi connectivity index (χ0v) is 20.3. The zero-order chi connectivity index (χ0) is 22.1. The summed E-state index contributed by atoms with van der Waals surface area (Å²) in [4.78, 5) is 30.2. The van der Waals surface area contributed by atoms with E-state index in [0.717, 1.165) is 24.3 Å². The second-order valence-electron chi connectivity index (χ2n) is 6.53. The molecule has 10 heteroatoms. The number of hydrogen-bond acceptors (Lipinski definition) is 5. The highest BCUT2D eigenvalue weighted by molar-refractivity contribution is 8.27. The molecular formula is C19H32N4O3S3. The minimum atomic E-state index is -1.48. The molecule has 1 heterocycles. The van der Waals surface area contributed by atoms with Crippen LogP contribution in [0.4, 0.5) is 11.4 Å². The lowest BCUT2D eigenvalue weighted by Crippen LogP contribution is -2.38. The van der Waals surface area contributed by atoms with Crippen LogP contribution in [0.5, 0.6) is 0 Å². The van der Waals surface area contributed by atoms with Gasteiger partial charge in [0.05, 0.1) is 16.5 Å². The van der Waals surface area contributed by atoms with E-state index in [4.69, 9.17) is 11.2 Å². The summed E-state index contributed by atoms with van der Waals surface area (Å²) >= 11 is 8.92. The molecule has 7 nitrogen and oxygen atoms in total. The molecule has 0 radical (unpaired) electrons. The van der Waals surface area contributed by atoms with Crippen LogP contribution in [0.3, 0.4) is 0 Å². The molecule has 29 heavy (non-hydrogen) atoms. The van der Waals surface area contributed by atoms with Gasteiger partial charge in [0, 0.05) is 25.0 Å². The maximum Gasteiger partial charge on any atom is 0.246 e. The second-order valence-corrected chi connectivity index (χ2v) is 8.99. The summed E-state index contributed by atoms with van der Waals surface area (Å²) in [5.74, 6) is -0.123. The Hall–Kier alpha value is -1.04. The van der Waals surface area contributed by atoms with Gasteiger partial charge in [0.2, 0.25) is 11.8 Å². The number of rotatable bonds is 8. The number of amides is 2. The van der Waals surface area contributed by atoms with E-state index in [0.29, 0.717) is 19.5 Å². The van der Waals surface area contributed by atoms with Gasteiger partial charge in [-0.2, -0.15) is 3.71 Å². The van der Waals surface area contributed by atoms with Crippen molar-refractivity contribution in [1.29, 1.82) is 0 Å². The number of anilines is 2. The molecule has 0 bridgehead atoms. The first-order chi connectivity index (χ1) is 13.8. The summed E-state index contributed by atoms with van der Waals surface area (Å²) in [5, 5.41) is 0. The SMILES string of the molecule is CC.CCCN(C)CC(=O)N(C)c1ccc(N2CCC(N(S)S(O)=S)C2=O)cc1. The normalized spacial score (nSPS) is 17.3. The predicted molar refractivity (Wildman–Crippen MR) is 128 cm³/mol. The molecule has 2 rings (SSSR count). The number of hydrogen-bond donors (Lipinski definition) is 2. The molecule has 164 valence electrons. The third kappa shape index (κ3) is 7.01. The molecule has 0 aromatic heterocycles. The van der Waals surface area contributed by atoms with Gasteiger partial charge in [0.1, 0.15) is 6.04 Å².